The first-order valence-corrected chi connectivity index (χ1v) is 5.38. The molecule has 0 saturated heterocycles. The molecule has 3 nitrogen and oxygen atoms in total. The van der Waals surface area contributed by atoms with E-state index in [1.165, 1.54) is 12.1 Å². The van der Waals surface area contributed by atoms with Crippen LogP contribution in [0.25, 0.3) is 6.08 Å². The fraction of sp³-hybridized carbons (Fsp3) is 0.308. The van der Waals surface area contributed by atoms with E-state index >= 15 is 0 Å². The molecule has 1 fully saturated rings. The van der Waals surface area contributed by atoms with Gasteiger partial charge in [-0.25, -0.2) is 4.39 Å². The van der Waals surface area contributed by atoms with Gasteiger partial charge in [-0.3, -0.25) is 4.79 Å². The van der Waals surface area contributed by atoms with Crippen LogP contribution in [0.3, 0.4) is 0 Å². The van der Waals surface area contributed by atoms with Gasteiger partial charge in [0.05, 0.1) is 11.5 Å². The topological polar surface area (TPSA) is 57.5 Å². The molecule has 4 heteroatoms. The SMILES string of the molecule is O=C(O)C1(/C=C/c2ccc(F)cc2)CC(O)C1. The summed E-state index contributed by atoms with van der Waals surface area (Å²) in [6, 6.07) is 5.80. The molecule has 1 aromatic carbocycles. The van der Waals surface area contributed by atoms with Crippen LogP contribution in [0.4, 0.5) is 4.39 Å². The van der Waals surface area contributed by atoms with Crippen LogP contribution in [0.1, 0.15) is 18.4 Å². The number of hydrogen-bond acceptors (Lipinski definition) is 2. The molecule has 17 heavy (non-hydrogen) atoms. The van der Waals surface area contributed by atoms with E-state index in [2.05, 4.69) is 0 Å². The van der Waals surface area contributed by atoms with Crippen molar-refractivity contribution < 1.29 is 19.4 Å². The number of carboxylic acid groups (broad SMARTS) is 1. The zero-order chi connectivity index (χ0) is 12.5. The number of carbonyl (C=O) groups is 1. The number of aliphatic hydroxyl groups is 1. The number of benzene rings is 1. The van der Waals surface area contributed by atoms with Gasteiger partial charge >= 0.3 is 5.97 Å². The van der Waals surface area contributed by atoms with Gasteiger partial charge in [-0.15, -0.1) is 0 Å². The Bertz CT molecular complexity index is 444. The average molecular weight is 236 g/mol. The lowest BCUT2D eigenvalue weighted by molar-refractivity contribution is -0.156. The van der Waals surface area contributed by atoms with Gasteiger partial charge < -0.3 is 10.2 Å². The van der Waals surface area contributed by atoms with Gasteiger partial charge in [0.1, 0.15) is 5.82 Å². The zero-order valence-electron chi connectivity index (χ0n) is 9.14. The molecule has 0 aliphatic heterocycles. The van der Waals surface area contributed by atoms with Crippen LogP contribution in [0, 0.1) is 11.2 Å². The molecule has 2 N–H and O–H groups in total. The Balaban J connectivity index is 2.14. The van der Waals surface area contributed by atoms with Crippen molar-refractivity contribution in [3.8, 4) is 0 Å². The average Bonchev–Trinajstić information content (AvgIpc) is 2.24. The van der Waals surface area contributed by atoms with Gasteiger partial charge in [-0.05, 0) is 30.5 Å². The summed E-state index contributed by atoms with van der Waals surface area (Å²) < 4.78 is 12.7. The molecule has 1 aliphatic carbocycles. The Morgan fingerprint density at radius 3 is 2.41 bits per heavy atom. The molecule has 0 atom stereocenters. The third-order valence-electron chi connectivity index (χ3n) is 3.09. The number of hydrogen-bond donors (Lipinski definition) is 2. The minimum absolute atomic E-state index is 0.236. The van der Waals surface area contributed by atoms with E-state index in [1.807, 2.05) is 0 Å². The van der Waals surface area contributed by atoms with E-state index in [1.54, 1.807) is 24.3 Å². The maximum atomic E-state index is 12.7. The van der Waals surface area contributed by atoms with Gasteiger partial charge in [0.15, 0.2) is 0 Å². The molecule has 1 aliphatic rings. The first kappa shape index (κ1) is 11.8. The molecule has 1 saturated carbocycles. The monoisotopic (exact) mass is 236 g/mol. The fourth-order valence-electron chi connectivity index (χ4n) is 1.99. The van der Waals surface area contributed by atoms with Crippen LogP contribution in [-0.2, 0) is 4.79 Å². The minimum atomic E-state index is -0.964. The van der Waals surface area contributed by atoms with E-state index in [4.69, 9.17) is 5.11 Å². The molecule has 0 spiro atoms. The summed E-state index contributed by atoms with van der Waals surface area (Å²) in [7, 11) is 0. The van der Waals surface area contributed by atoms with Crippen molar-refractivity contribution in [1.29, 1.82) is 0 Å². The van der Waals surface area contributed by atoms with Crippen molar-refractivity contribution in [1.82, 2.24) is 0 Å². The predicted octanol–water partition coefficient (Wildman–Crippen LogP) is 2.06. The molecule has 0 heterocycles. The number of rotatable bonds is 3. The Hall–Kier alpha value is -1.68. The number of aliphatic carboxylic acids is 1. The molecule has 0 aromatic heterocycles. The molecule has 90 valence electrons. The standard InChI is InChI=1S/C13H13FO3/c14-10-3-1-9(2-4-10)5-6-13(12(16)17)7-11(15)8-13/h1-6,11,15H,7-8H2,(H,16,17)/b6-5+. The predicted molar refractivity (Wildman–Crippen MR) is 60.7 cm³/mol. The highest BCUT2D eigenvalue weighted by molar-refractivity contribution is 5.80. The fourth-order valence-corrected chi connectivity index (χ4v) is 1.99. The first-order chi connectivity index (χ1) is 8.02. The molecular weight excluding hydrogens is 223 g/mol. The zero-order valence-corrected chi connectivity index (χ0v) is 9.14. The highest BCUT2D eigenvalue weighted by atomic mass is 19.1. The highest BCUT2D eigenvalue weighted by Gasteiger charge is 2.47. The maximum absolute atomic E-state index is 12.7. The molecule has 0 radical (unpaired) electrons. The summed E-state index contributed by atoms with van der Waals surface area (Å²) in [5.41, 5.74) is -0.221. The largest absolute Gasteiger partial charge is 0.481 e. The Kier molecular flexibility index (Phi) is 2.98. The Morgan fingerprint density at radius 1 is 1.35 bits per heavy atom. The van der Waals surface area contributed by atoms with Crippen molar-refractivity contribution in [2.24, 2.45) is 5.41 Å². The van der Waals surface area contributed by atoms with Gasteiger partial charge in [0, 0.05) is 0 Å². The summed E-state index contributed by atoms with van der Waals surface area (Å²) in [5.74, 6) is -1.25. The number of carboxylic acids is 1. The van der Waals surface area contributed by atoms with Crippen LogP contribution in [0.15, 0.2) is 30.3 Å². The van der Waals surface area contributed by atoms with Gasteiger partial charge in [-0.1, -0.05) is 24.3 Å². The summed E-state index contributed by atoms with van der Waals surface area (Å²) >= 11 is 0. The van der Waals surface area contributed by atoms with Crippen molar-refractivity contribution in [2.45, 2.75) is 18.9 Å². The molecular formula is C13H13FO3. The molecule has 0 unspecified atom stereocenters. The van der Waals surface area contributed by atoms with Gasteiger partial charge in [0.25, 0.3) is 0 Å². The molecule has 2 rings (SSSR count). The quantitative estimate of drug-likeness (QED) is 0.844. The van der Waals surface area contributed by atoms with E-state index in [-0.39, 0.29) is 18.7 Å². The second-order valence-electron chi connectivity index (χ2n) is 4.41. The van der Waals surface area contributed by atoms with Crippen LogP contribution in [-0.4, -0.2) is 22.3 Å². The highest BCUT2D eigenvalue weighted by Crippen LogP contribution is 2.43. The van der Waals surface area contributed by atoms with Crippen molar-refractivity contribution in [3.63, 3.8) is 0 Å². The number of halogens is 1. The lowest BCUT2D eigenvalue weighted by Gasteiger charge is -2.39. The minimum Gasteiger partial charge on any atom is -0.481 e. The Morgan fingerprint density at radius 2 is 1.94 bits per heavy atom. The van der Waals surface area contributed by atoms with Crippen LogP contribution in [0.2, 0.25) is 0 Å². The van der Waals surface area contributed by atoms with Crippen LogP contribution >= 0.6 is 0 Å². The van der Waals surface area contributed by atoms with Crippen LogP contribution < -0.4 is 0 Å². The van der Waals surface area contributed by atoms with Gasteiger partial charge in [-0.2, -0.15) is 0 Å². The third-order valence-corrected chi connectivity index (χ3v) is 3.09. The Labute approximate surface area is 98.2 Å². The van der Waals surface area contributed by atoms with E-state index in [0.29, 0.717) is 0 Å². The summed E-state index contributed by atoms with van der Waals surface area (Å²) in [5, 5.41) is 18.3. The molecule has 1 aromatic rings. The van der Waals surface area contributed by atoms with Crippen LogP contribution in [0.5, 0.6) is 0 Å². The molecule has 0 bridgehead atoms. The normalized spacial score (nSPS) is 28.0. The second kappa shape index (κ2) is 4.30. The van der Waals surface area contributed by atoms with Gasteiger partial charge in [0.2, 0.25) is 0 Å². The smallest absolute Gasteiger partial charge is 0.313 e. The molecule has 0 amide bonds. The van der Waals surface area contributed by atoms with Crippen molar-refractivity contribution in [3.05, 3.63) is 41.7 Å². The maximum Gasteiger partial charge on any atom is 0.313 e. The second-order valence-corrected chi connectivity index (χ2v) is 4.41. The summed E-state index contributed by atoms with van der Waals surface area (Å²) in [4.78, 5) is 11.1. The summed E-state index contributed by atoms with van der Waals surface area (Å²) in [6.07, 6.45) is 3.17. The lowest BCUT2D eigenvalue weighted by Crippen LogP contribution is -2.45. The van der Waals surface area contributed by atoms with E-state index in [9.17, 15) is 14.3 Å². The van der Waals surface area contributed by atoms with Crippen molar-refractivity contribution in [2.75, 3.05) is 0 Å². The third kappa shape index (κ3) is 2.36. The lowest BCUT2D eigenvalue weighted by atomic mass is 9.66. The van der Waals surface area contributed by atoms with E-state index in [0.717, 1.165) is 5.56 Å². The van der Waals surface area contributed by atoms with E-state index < -0.39 is 17.5 Å². The summed E-state index contributed by atoms with van der Waals surface area (Å²) in [6.45, 7) is 0. The van der Waals surface area contributed by atoms with Crippen molar-refractivity contribution >= 4 is 12.0 Å². The first-order valence-electron chi connectivity index (χ1n) is 5.38. The number of aliphatic hydroxyl groups excluding tert-OH is 1.